The molecule has 0 spiro atoms. The van der Waals surface area contributed by atoms with E-state index in [9.17, 15) is 18.0 Å². The van der Waals surface area contributed by atoms with Gasteiger partial charge in [-0.15, -0.1) is 11.3 Å². The van der Waals surface area contributed by atoms with E-state index in [0.717, 1.165) is 15.6 Å². The standard InChI is InChI=1S/C19H19N3O6S2/c1-3-27-18(24)16-12-29-19(20-16)21-17(23)13-6-8-15(9-7-13)30(25,26)22(2)11-14-5-4-10-28-14/h4-10,12H,3,11H2,1-2H3,(H,20,21,23). The number of benzene rings is 1. The van der Waals surface area contributed by atoms with E-state index in [1.165, 1.54) is 43.0 Å². The molecule has 1 aromatic carbocycles. The molecule has 0 aliphatic heterocycles. The first-order chi connectivity index (χ1) is 14.3. The van der Waals surface area contributed by atoms with Crippen LogP contribution >= 0.6 is 11.3 Å². The Balaban J connectivity index is 1.67. The van der Waals surface area contributed by atoms with E-state index in [0.29, 0.717) is 5.76 Å². The summed E-state index contributed by atoms with van der Waals surface area (Å²) < 4.78 is 36.6. The van der Waals surface area contributed by atoms with E-state index in [2.05, 4.69) is 10.3 Å². The maximum absolute atomic E-state index is 12.7. The van der Waals surface area contributed by atoms with Crippen molar-refractivity contribution in [1.82, 2.24) is 9.29 Å². The van der Waals surface area contributed by atoms with Gasteiger partial charge in [-0.05, 0) is 43.3 Å². The van der Waals surface area contributed by atoms with Gasteiger partial charge in [-0.3, -0.25) is 10.1 Å². The summed E-state index contributed by atoms with van der Waals surface area (Å²) in [5, 5.41) is 4.29. The highest BCUT2D eigenvalue weighted by molar-refractivity contribution is 7.89. The minimum Gasteiger partial charge on any atom is -0.468 e. The lowest BCUT2D eigenvalue weighted by Gasteiger charge is -2.16. The number of nitrogens with zero attached hydrogens (tertiary/aromatic N) is 2. The van der Waals surface area contributed by atoms with Crippen LogP contribution in [0.3, 0.4) is 0 Å². The van der Waals surface area contributed by atoms with Gasteiger partial charge in [-0.2, -0.15) is 4.31 Å². The van der Waals surface area contributed by atoms with Crippen LogP contribution in [0.25, 0.3) is 0 Å². The highest BCUT2D eigenvalue weighted by Crippen LogP contribution is 2.20. The Labute approximate surface area is 177 Å². The Hall–Kier alpha value is -3.02. The maximum atomic E-state index is 12.7. The smallest absolute Gasteiger partial charge is 0.357 e. The molecule has 9 nitrogen and oxygen atoms in total. The van der Waals surface area contributed by atoms with Gasteiger partial charge in [-0.25, -0.2) is 18.2 Å². The molecule has 0 radical (unpaired) electrons. The Kier molecular flexibility index (Phi) is 6.65. The molecule has 11 heteroatoms. The summed E-state index contributed by atoms with van der Waals surface area (Å²) in [5.41, 5.74) is 0.355. The molecular formula is C19H19N3O6S2. The first-order valence-corrected chi connectivity index (χ1v) is 11.2. The molecule has 0 aliphatic carbocycles. The molecule has 1 N–H and O–H groups in total. The molecule has 30 heavy (non-hydrogen) atoms. The SMILES string of the molecule is CCOC(=O)c1csc(NC(=O)c2ccc(S(=O)(=O)N(C)Cc3ccco3)cc2)n1. The number of esters is 1. The van der Waals surface area contributed by atoms with Crippen LogP contribution in [0.2, 0.25) is 0 Å². The fourth-order valence-electron chi connectivity index (χ4n) is 2.46. The van der Waals surface area contributed by atoms with Gasteiger partial charge in [0.15, 0.2) is 10.8 Å². The summed E-state index contributed by atoms with van der Waals surface area (Å²) in [6.07, 6.45) is 1.47. The summed E-state index contributed by atoms with van der Waals surface area (Å²) in [4.78, 5) is 28.1. The third-order valence-corrected chi connectivity index (χ3v) is 6.57. The number of ether oxygens (including phenoxy) is 1. The van der Waals surface area contributed by atoms with Crippen molar-refractivity contribution >= 4 is 38.4 Å². The van der Waals surface area contributed by atoms with Gasteiger partial charge in [0.2, 0.25) is 10.0 Å². The first kappa shape index (κ1) is 21.7. The number of carbonyl (C=O) groups is 2. The first-order valence-electron chi connectivity index (χ1n) is 8.84. The predicted molar refractivity (Wildman–Crippen MR) is 110 cm³/mol. The number of anilines is 1. The highest BCUT2D eigenvalue weighted by Gasteiger charge is 2.22. The molecule has 0 bridgehead atoms. The van der Waals surface area contributed by atoms with Crippen LogP contribution in [-0.4, -0.2) is 43.2 Å². The third kappa shape index (κ3) is 4.93. The van der Waals surface area contributed by atoms with Crippen molar-refractivity contribution < 1.29 is 27.2 Å². The van der Waals surface area contributed by atoms with Crippen LogP contribution in [0.15, 0.2) is 57.4 Å². The Bertz CT molecular complexity index is 1120. The molecule has 0 unspecified atom stereocenters. The van der Waals surface area contributed by atoms with Crippen molar-refractivity contribution in [1.29, 1.82) is 0 Å². The van der Waals surface area contributed by atoms with Gasteiger partial charge in [-0.1, -0.05) is 0 Å². The molecule has 158 valence electrons. The zero-order valence-electron chi connectivity index (χ0n) is 16.2. The average molecular weight is 450 g/mol. The van der Waals surface area contributed by atoms with Crippen LogP contribution < -0.4 is 5.32 Å². The number of hydrogen-bond acceptors (Lipinski definition) is 8. The second kappa shape index (κ2) is 9.20. The maximum Gasteiger partial charge on any atom is 0.357 e. The van der Waals surface area contributed by atoms with Gasteiger partial charge in [0.05, 0.1) is 24.3 Å². The quantitative estimate of drug-likeness (QED) is 0.525. The van der Waals surface area contributed by atoms with Crippen LogP contribution in [0.1, 0.15) is 33.5 Å². The van der Waals surface area contributed by atoms with Crippen LogP contribution in [0.5, 0.6) is 0 Å². The Morgan fingerprint density at radius 3 is 2.60 bits per heavy atom. The lowest BCUT2D eigenvalue weighted by molar-refractivity contribution is 0.0520. The largest absolute Gasteiger partial charge is 0.468 e. The molecule has 3 aromatic rings. The predicted octanol–water partition coefficient (Wildman–Crippen LogP) is 2.99. The Morgan fingerprint density at radius 2 is 1.97 bits per heavy atom. The van der Waals surface area contributed by atoms with Crippen LogP contribution in [0.4, 0.5) is 5.13 Å². The number of amides is 1. The third-order valence-electron chi connectivity index (χ3n) is 3.99. The molecule has 0 fully saturated rings. The average Bonchev–Trinajstić information content (AvgIpc) is 3.40. The molecular weight excluding hydrogens is 430 g/mol. The van der Waals surface area contributed by atoms with Crippen molar-refractivity contribution in [3.8, 4) is 0 Å². The van der Waals surface area contributed by atoms with Gasteiger partial charge in [0.25, 0.3) is 5.91 Å². The van der Waals surface area contributed by atoms with Gasteiger partial charge < -0.3 is 9.15 Å². The molecule has 1 amide bonds. The minimum absolute atomic E-state index is 0.0481. The zero-order chi connectivity index (χ0) is 21.7. The van der Waals surface area contributed by atoms with E-state index in [4.69, 9.17) is 9.15 Å². The van der Waals surface area contributed by atoms with Gasteiger partial charge in [0, 0.05) is 18.0 Å². The lowest BCUT2D eigenvalue weighted by atomic mass is 10.2. The molecule has 0 aliphatic rings. The van der Waals surface area contributed by atoms with Crippen molar-refractivity contribution in [3.05, 3.63) is 65.1 Å². The number of thiazole rings is 1. The molecule has 0 saturated heterocycles. The Morgan fingerprint density at radius 1 is 1.23 bits per heavy atom. The number of sulfonamides is 1. The number of hydrogen-bond donors (Lipinski definition) is 1. The molecule has 0 saturated carbocycles. The second-order valence-corrected chi connectivity index (χ2v) is 8.98. The van der Waals surface area contributed by atoms with E-state index in [1.807, 2.05) is 0 Å². The van der Waals surface area contributed by atoms with Crippen molar-refractivity contribution in [3.63, 3.8) is 0 Å². The number of furan rings is 1. The summed E-state index contributed by atoms with van der Waals surface area (Å²) in [5.74, 6) is -0.530. The van der Waals surface area contributed by atoms with Crippen LogP contribution in [-0.2, 0) is 21.3 Å². The molecule has 2 aromatic heterocycles. The van der Waals surface area contributed by atoms with Crippen molar-refractivity contribution in [2.45, 2.75) is 18.4 Å². The lowest BCUT2D eigenvalue weighted by Crippen LogP contribution is -2.26. The summed E-state index contributed by atoms with van der Waals surface area (Å²) >= 11 is 1.08. The molecule has 0 atom stereocenters. The van der Waals surface area contributed by atoms with Gasteiger partial charge >= 0.3 is 5.97 Å². The summed E-state index contributed by atoms with van der Waals surface area (Å²) in [6.45, 7) is 2.00. The number of aromatic nitrogens is 1. The zero-order valence-corrected chi connectivity index (χ0v) is 17.8. The normalized spacial score (nSPS) is 11.4. The van der Waals surface area contributed by atoms with E-state index in [1.54, 1.807) is 19.1 Å². The van der Waals surface area contributed by atoms with E-state index in [-0.39, 0.29) is 34.4 Å². The van der Waals surface area contributed by atoms with Crippen LogP contribution in [0, 0.1) is 0 Å². The molecule has 3 rings (SSSR count). The fraction of sp³-hybridized carbons (Fsp3) is 0.211. The highest BCUT2D eigenvalue weighted by atomic mass is 32.2. The topological polar surface area (TPSA) is 119 Å². The second-order valence-electron chi connectivity index (χ2n) is 6.08. The summed E-state index contributed by atoms with van der Waals surface area (Å²) in [7, 11) is -2.30. The number of carbonyl (C=O) groups excluding carboxylic acids is 2. The monoisotopic (exact) mass is 449 g/mol. The molecule has 2 heterocycles. The fourth-order valence-corrected chi connectivity index (χ4v) is 4.28. The number of rotatable bonds is 8. The van der Waals surface area contributed by atoms with Crippen molar-refractivity contribution in [2.24, 2.45) is 0 Å². The van der Waals surface area contributed by atoms with E-state index >= 15 is 0 Å². The summed E-state index contributed by atoms with van der Waals surface area (Å²) in [6, 6.07) is 8.89. The van der Waals surface area contributed by atoms with Gasteiger partial charge in [0.1, 0.15) is 5.76 Å². The number of nitrogens with one attached hydrogen (secondary N) is 1. The van der Waals surface area contributed by atoms with Crippen molar-refractivity contribution in [2.75, 3.05) is 19.0 Å². The minimum atomic E-state index is -3.75. The van der Waals surface area contributed by atoms with E-state index < -0.39 is 21.9 Å².